The van der Waals surface area contributed by atoms with Gasteiger partial charge in [0.25, 0.3) is 5.91 Å². The number of alkyl halides is 3. The molecule has 1 saturated heterocycles. The summed E-state index contributed by atoms with van der Waals surface area (Å²) in [6.07, 6.45) is 0.220. The second-order valence-electron chi connectivity index (χ2n) is 12.7. The first-order chi connectivity index (χ1) is 24.2. The second-order valence-corrected chi connectivity index (χ2v) is 12.7. The average molecular weight is 686 g/mol. The molecule has 1 aliphatic heterocycles. The molecule has 0 saturated carbocycles. The van der Waals surface area contributed by atoms with Crippen LogP contribution in [0.1, 0.15) is 72.1 Å². The molecular weight excluding hydrogens is 639 g/mol. The van der Waals surface area contributed by atoms with E-state index >= 15 is 0 Å². The van der Waals surface area contributed by atoms with Gasteiger partial charge in [0.2, 0.25) is 0 Å². The van der Waals surface area contributed by atoms with Crippen LogP contribution in [-0.2, 0) is 30.4 Å². The van der Waals surface area contributed by atoms with Gasteiger partial charge < -0.3 is 15.0 Å². The zero-order valence-electron chi connectivity index (χ0n) is 28.8. The van der Waals surface area contributed by atoms with Gasteiger partial charge in [-0.05, 0) is 91.1 Å². The van der Waals surface area contributed by atoms with Gasteiger partial charge in [-0.1, -0.05) is 92.7 Å². The Kier molecular flexibility index (Phi) is 12.7. The lowest BCUT2D eigenvalue weighted by Crippen LogP contribution is -2.45. The van der Waals surface area contributed by atoms with Gasteiger partial charge in [-0.3, -0.25) is 9.69 Å². The number of benzene rings is 4. The van der Waals surface area contributed by atoms with Crippen molar-refractivity contribution in [3.63, 3.8) is 0 Å². The lowest BCUT2D eigenvalue weighted by Gasteiger charge is -2.33. The van der Waals surface area contributed by atoms with Gasteiger partial charge >= 0.3 is 12.3 Å². The fourth-order valence-corrected chi connectivity index (χ4v) is 6.59. The molecule has 4 aromatic carbocycles. The molecule has 0 atom stereocenters. The second kappa shape index (κ2) is 17.3. The highest BCUT2D eigenvalue weighted by molar-refractivity contribution is 6.01. The predicted molar refractivity (Wildman–Crippen MR) is 192 cm³/mol. The first-order valence-corrected chi connectivity index (χ1v) is 17.6. The third-order valence-corrected chi connectivity index (χ3v) is 9.38. The number of rotatable bonds is 13. The molecule has 0 radical (unpaired) electrons. The summed E-state index contributed by atoms with van der Waals surface area (Å²) in [6.45, 7) is 7.56. The number of amides is 2. The topological polar surface area (TPSA) is 61.9 Å². The maximum atomic E-state index is 13.5. The van der Waals surface area contributed by atoms with Gasteiger partial charge in [0.1, 0.15) is 6.61 Å². The number of aryl methyl sites for hydroxylation is 2. The monoisotopic (exact) mass is 685 g/mol. The molecule has 1 heterocycles. The molecule has 6 nitrogen and oxygen atoms in total. The van der Waals surface area contributed by atoms with Crippen molar-refractivity contribution >= 4 is 17.7 Å². The van der Waals surface area contributed by atoms with E-state index in [1.807, 2.05) is 35.2 Å². The third-order valence-electron chi connectivity index (χ3n) is 9.38. The fourth-order valence-electron chi connectivity index (χ4n) is 6.59. The number of nitrogens with zero attached hydrogens (tertiary/aromatic N) is 2. The number of carbonyl (C=O) groups is 2. The lowest BCUT2D eigenvalue weighted by atomic mass is 9.97. The minimum absolute atomic E-state index is 0.00676. The van der Waals surface area contributed by atoms with E-state index in [1.165, 1.54) is 12.1 Å². The quantitative estimate of drug-likeness (QED) is 0.143. The van der Waals surface area contributed by atoms with Crippen LogP contribution in [0.4, 0.5) is 23.7 Å². The maximum Gasteiger partial charge on any atom is 0.416 e. The van der Waals surface area contributed by atoms with E-state index in [-0.39, 0.29) is 24.6 Å². The Bertz CT molecular complexity index is 1680. The zero-order valence-corrected chi connectivity index (χ0v) is 28.8. The fraction of sp³-hybridized carbons (Fsp3) is 0.366. The summed E-state index contributed by atoms with van der Waals surface area (Å²) < 4.78 is 45.0. The zero-order chi connectivity index (χ0) is 35.5. The number of unbranched alkanes of at least 4 members (excludes halogenated alkanes) is 1. The Morgan fingerprint density at radius 3 is 2.10 bits per heavy atom. The lowest BCUT2D eigenvalue weighted by molar-refractivity contribution is -0.137. The van der Waals surface area contributed by atoms with E-state index in [0.717, 1.165) is 92.7 Å². The van der Waals surface area contributed by atoms with E-state index in [4.69, 9.17) is 4.74 Å². The van der Waals surface area contributed by atoms with Crippen molar-refractivity contribution < 1.29 is 27.5 Å². The molecule has 0 spiro atoms. The van der Waals surface area contributed by atoms with Crippen LogP contribution >= 0.6 is 0 Å². The van der Waals surface area contributed by atoms with Crippen molar-refractivity contribution in [2.75, 3.05) is 31.1 Å². The van der Waals surface area contributed by atoms with E-state index < -0.39 is 11.7 Å². The van der Waals surface area contributed by atoms with Crippen molar-refractivity contribution in [2.24, 2.45) is 0 Å². The van der Waals surface area contributed by atoms with Crippen molar-refractivity contribution in [3.8, 4) is 11.1 Å². The Hall–Kier alpha value is -4.63. The summed E-state index contributed by atoms with van der Waals surface area (Å²) in [7, 11) is 0. The largest absolute Gasteiger partial charge is 0.444 e. The molecule has 9 heteroatoms. The molecule has 1 aliphatic rings. The summed E-state index contributed by atoms with van der Waals surface area (Å²) in [6, 6.07) is 27.9. The number of piperidine rings is 1. The molecule has 0 aliphatic carbocycles. The number of halogens is 3. The van der Waals surface area contributed by atoms with Gasteiger partial charge in [-0.2, -0.15) is 13.2 Å². The van der Waals surface area contributed by atoms with Gasteiger partial charge in [0, 0.05) is 31.2 Å². The molecular formula is C41H46F3N3O3. The van der Waals surface area contributed by atoms with Gasteiger partial charge in [0.15, 0.2) is 0 Å². The molecule has 5 rings (SSSR count). The van der Waals surface area contributed by atoms with E-state index in [9.17, 15) is 22.8 Å². The van der Waals surface area contributed by atoms with Crippen LogP contribution in [-0.4, -0.2) is 49.1 Å². The van der Waals surface area contributed by atoms with Gasteiger partial charge in [0.05, 0.1) is 11.3 Å². The first-order valence-electron chi connectivity index (χ1n) is 17.6. The average Bonchev–Trinajstić information content (AvgIpc) is 3.14. The SMILES string of the molecule is CCc1cccc(CC)c1N(CCCCN1CCC(NC(=O)c2ccccc2-c2ccc(C(F)(F)F)cc2)CC1)C(=O)OCc1ccccc1. The Morgan fingerprint density at radius 1 is 0.820 bits per heavy atom. The maximum absolute atomic E-state index is 13.5. The smallest absolute Gasteiger partial charge is 0.416 e. The van der Waals surface area contributed by atoms with Crippen molar-refractivity contribution in [1.82, 2.24) is 10.2 Å². The highest BCUT2D eigenvalue weighted by Crippen LogP contribution is 2.32. The van der Waals surface area contributed by atoms with Crippen LogP contribution in [0.3, 0.4) is 0 Å². The standard InChI is InChI=1S/C41H46F3N3O3/c1-3-31-15-12-16-32(4-2)38(31)47(40(49)50-29-30-13-6-5-7-14-30)26-11-10-25-46-27-23-35(24-28-46)45-39(48)37-18-9-8-17-36(37)33-19-21-34(22-20-33)41(42,43)44/h5-9,12-22,35H,3-4,10-11,23-29H2,1-2H3,(H,45,48). The third kappa shape index (κ3) is 9.53. The molecule has 1 fully saturated rings. The van der Waals surface area contributed by atoms with Crippen LogP contribution in [0.15, 0.2) is 97.1 Å². The molecule has 2 amide bonds. The van der Waals surface area contributed by atoms with Crippen LogP contribution in [0.5, 0.6) is 0 Å². The van der Waals surface area contributed by atoms with E-state index in [2.05, 4.69) is 42.3 Å². The van der Waals surface area contributed by atoms with Gasteiger partial charge in [-0.15, -0.1) is 0 Å². The number of hydrogen-bond donors (Lipinski definition) is 1. The van der Waals surface area contributed by atoms with Crippen molar-refractivity contribution in [3.05, 3.63) is 125 Å². The van der Waals surface area contributed by atoms with E-state index in [0.29, 0.717) is 23.2 Å². The van der Waals surface area contributed by atoms with Crippen LogP contribution in [0, 0.1) is 0 Å². The number of hydrogen-bond acceptors (Lipinski definition) is 4. The Labute approximate surface area is 293 Å². The number of likely N-dealkylation sites (tertiary alicyclic amines) is 1. The summed E-state index contributed by atoms with van der Waals surface area (Å²) >= 11 is 0. The highest BCUT2D eigenvalue weighted by atomic mass is 19.4. The minimum atomic E-state index is -4.42. The number of para-hydroxylation sites is 1. The molecule has 4 aromatic rings. The number of nitrogens with one attached hydrogen (secondary N) is 1. The summed E-state index contributed by atoms with van der Waals surface area (Å²) in [5, 5.41) is 3.16. The van der Waals surface area contributed by atoms with Crippen LogP contribution < -0.4 is 10.2 Å². The highest BCUT2D eigenvalue weighted by Gasteiger charge is 2.30. The van der Waals surface area contributed by atoms with E-state index in [1.54, 1.807) is 24.3 Å². The Morgan fingerprint density at radius 2 is 1.46 bits per heavy atom. The Balaban J connectivity index is 1.13. The van der Waals surface area contributed by atoms with Crippen molar-refractivity contribution in [1.29, 1.82) is 0 Å². The number of carbonyl (C=O) groups excluding carboxylic acids is 2. The molecule has 0 bridgehead atoms. The molecule has 0 unspecified atom stereocenters. The first kappa shape index (κ1) is 36.6. The van der Waals surface area contributed by atoms with Crippen LogP contribution in [0.25, 0.3) is 11.1 Å². The summed E-state index contributed by atoms with van der Waals surface area (Å²) in [5.74, 6) is -0.225. The number of anilines is 1. The minimum Gasteiger partial charge on any atom is -0.444 e. The van der Waals surface area contributed by atoms with Gasteiger partial charge in [-0.25, -0.2) is 4.79 Å². The molecule has 1 N–H and O–H groups in total. The normalized spacial score (nSPS) is 13.9. The molecule has 264 valence electrons. The van der Waals surface area contributed by atoms with Crippen LogP contribution in [0.2, 0.25) is 0 Å². The predicted octanol–water partition coefficient (Wildman–Crippen LogP) is 9.32. The number of ether oxygens (including phenoxy) is 1. The summed E-state index contributed by atoms with van der Waals surface area (Å²) in [5.41, 5.74) is 5.06. The molecule has 0 aromatic heterocycles. The summed E-state index contributed by atoms with van der Waals surface area (Å²) in [4.78, 5) is 31.1. The van der Waals surface area contributed by atoms with Crippen molar-refractivity contribution in [2.45, 2.75) is 71.2 Å². The molecule has 50 heavy (non-hydrogen) atoms.